The Bertz CT molecular complexity index is 1050. The molecule has 7 nitrogen and oxygen atoms in total. The van der Waals surface area contributed by atoms with Gasteiger partial charge in [-0.05, 0) is 54.8 Å². The van der Waals surface area contributed by atoms with Crippen LogP contribution in [-0.4, -0.2) is 46.4 Å². The zero-order valence-electron chi connectivity index (χ0n) is 17.6. The van der Waals surface area contributed by atoms with E-state index in [9.17, 15) is 23.9 Å². The number of carboxylic acids is 1. The Kier molecular flexibility index (Phi) is 7.25. The monoisotopic (exact) mass is 441 g/mol. The average Bonchev–Trinajstić information content (AvgIpc) is 3.03. The summed E-state index contributed by atoms with van der Waals surface area (Å²) in [4.78, 5) is 37.7. The van der Waals surface area contributed by atoms with Crippen molar-refractivity contribution in [2.24, 2.45) is 0 Å². The summed E-state index contributed by atoms with van der Waals surface area (Å²) in [6.45, 7) is 0.171. The van der Waals surface area contributed by atoms with Crippen molar-refractivity contribution in [3.8, 4) is 5.75 Å². The van der Waals surface area contributed by atoms with Crippen LogP contribution in [0.3, 0.4) is 0 Å². The molecule has 2 aromatic rings. The number of aliphatic hydroxyl groups is 1. The van der Waals surface area contributed by atoms with E-state index < -0.39 is 29.5 Å². The van der Waals surface area contributed by atoms with Crippen LogP contribution in [0.1, 0.15) is 42.9 Å². The molecule has 1 unspecified atom stereocenters. The van der Waals surface area contributed by atoms with Gasteiger partial charge in [0.05, 0.1) is 18.7 Å². The number of methoxy groups -OCH3 is 1. The topological polar surface area (TPSA) is 104 Å². The van der Waals surface area contributed by atoms with Gasteiger partial charge in [-0.15, -0.1) is 0 Å². The molecular weight excluding hydrogens is 417 g/mol. The molecule has 1 aliphatic heterocycles. The van der Waals surface area contributed by atoms with E-state index >= 15 is 0 Å². The number of likely N-dealkylation sites (tertiary alicyclic amines) is 1. The van der Waals surface area contributed by atoms with E-state index in [2.05, 4.69) is 0 Å². The maximum atomic E-state index is 14.0. The lowest BCUT2D eigenvalue weighted by molar-refractivity contribution is -0.140. The van der Waals surface area contributed by atoms with Crippen molar-refractivity contribution < 1.29 is 33.7 Å². The van der Waals surface area contributed by atoms with Gasteiger partial charge in [0.15, 0.2) is 0 Å². The van der Waals surface area contributed by atoms with Gasteiger partial charge < -0.3 is 19.8 Å². The zero-order chi connectivity index (χ0) is 23.3. The largest absolute Gasteiger partial charge is 0.507 e. The van der Waals surface area contributed by atoms with Crippen LogP contribution >= 0.6 is 0 Å². The van der Waals surface area contributed by atoms with E-state index in [-0.39, 0.29) is 24.3 Å². The molecule has 32 heavy (non-hydrogen) atoms. The minimum absolute atomic E-state index is 0.0175. The van der Waals surface area contributed by atoms with E-state index in [1.807, 2.05) is 0 Å². The Labute approximate surface area is 184 Å². The molecule has 8 heteroatoms. The lowest BCUT2D eigenvalue weighted by Gasteiger charge is -2.25. The van der Waals surface area contributed by atoms with Crippen LogP contribution in [0.15, 0.2) is 54.1 Å². The molecule has 1 saturated heterocycles. The van der Waals surface area contributed by atoms with Crippen LogP contribution in [0, 0.1) is 5.82 Å². The standard InChI is InChI=1S/C24H24FNO6/c1-32-18-11-9-15(10-12-18)22(29)20-21(16-6-5-7-17(25)14-16)26(24(31)23(20)30)13-4-2-3-8-19(27)28/h5-7,9-12,14,21,29H,2-4,8,13H2,1H3,(H,27,28). The third-order valence-electron chi connectivity index (χ3n) is 5.36. The fraction of sp³-hybridized carbons (Fsp3) is 0.292. The van der Waals surface area contributed by atoms with Crippen molar-refractivity contribution in [1.29, 1.82) is 0 Å². The molecule has 1 aliphatic rings. The molecule has 0 spiro atoms. The van der Waals surface area contributed by atoms with Gasteiger partial charge in [0.1, 0.15) is 17.3 Å². The minimum atomic E-state index is -0.952. The molecule has 0 aromatic heterocycles. The Hall–Kier alpha value is -3.68. The molecule has 1 heterocycles. The van der Waals surface area contributed by atoms with Gasteiger partial charge in [-0.1, -0.05) is 18.6 Å². The molecule has 0 radical (unpaired) electrons. The number of ketones is 1. The average molecular weight is 441 g/mol. The quantitative estimate of drug-likeness (QED) is 0.265. The number of ether oxygens (including phenoxy) is 1. The SMILES string of the molecule is COc1ccc(C(O)=C2C(=O)C(=O)N(CCCCCC(=O)O)C2c2cccc(F)c2)cc1. The first-order chi connectivity index (χ1) is 15.3. The maximum absolute atomic E-state index is 14.0. The van der Waals surface area contributed by atoms with Gasteiger partial charge in [0.25, 0.3) is 11.7 Å². The zero-order valence-corrected chi connectivity index (χ0v) is 17.6. The van der Waals surface area contributed by atoms with Crippen LogP contribution in [0.25, 0.3) is 5.76 Å². The lowest BCUT2D eigenvalue weighted by Crippen LogP contribution is -2.30. The number of hydrogen-bond donors (Lipinski definition) is 2. The second-order valence-electron chi connectivity index (χ2n) is 7.48. The molecule has 2 N–H and O–H groups in total. The van der Waals surface area contributed by atoms with Crippen molar-refractivity contribution in [2.45, 2.75) is 31.7 Å². The second-order valence-corrected chi connectivity index (χ2v) is 7.48. The normalized spacial score (nSPS) is 17.6. The summed E-state index contributed by atoms with van der Waals surface area (Å²) in [6, 6.07) is 11.0. The van der Waals surface area contributed by atoms with Crippen LogP contribution in [0.2, 0.25) is 0 Å². The van der Waals surface area contributed by atoms with Gasteiger partial charge in [-0.25, -0.2) is 4.39 Å². The van der Waals surface area contributed by atoms with Crippen molar-refractivity contribution >= 4 is 23.4 Å². The predicted molar refractivity (Wildman–Crippen MR) is 115 cm³/mol. The van der Waals surface area contributed by atoms with Crippen LogP contribution in [0.4, 0.5) is 4.39 Å². The molecule has 2 aromatic carbocycles. The Morgan fingerprint density at radius 2 is 1.78 bits per heavy atom. The van der Waals surface area contributed by atoms with Crippen LogP contribution in [0.5, 0.6) is 5.75 Å². The second kappa shape index (κ2) is 10.1. The number of Topliss-reactive ketones (excluding diaryl/α,β-unsaturated/α-hetero) is 1. The first-order valence-electron chi connectivity index (χ1n) is 10.2. The van der Waals surface area contributed by atoms with Crippen molar-refractivity contribution in [1.82, 2.24) is 4.90 Å². The van der Waals surface area contributed by atoms with E-state index in [1.165, 1.54) is 30.2 Å². The highest BCUT2D eigenvalue weighted by Crippen LogP contribution is 2.39. The van der Waals surface area contributed by atoms with Crippen molar-refractivity contribution in [3.05, 3.63) is 71.0 Å². The number of nitrogens with zero attached hydrogens (tertiary/aromatic N) is 1. The number of carboxylic acid groups (broad SMARTS) is 1. The highest BCUT2D eigenvalue weighted by Gasteiger charge is 2.45. The summed E-state index contributed by atoms with van der Waals surface area (Å²) >= 11 is 0. The maximum Gasteiger partial charge on any atom is 0.303 e. The number of benzene rings is 2. The van der Waals surface area contributed by atoms with Gasteiger partial charge in [-0.3, -0.25) is 14.4 Å². The third kappa shape index (κ3) is 4.96. The van der Waals surface area contributed by atoms with Crippen molar-refractivity contribution in [2.75, 3.05) is 13.7 Å². The van der Waals surface area contributed by atoms with Gasteiger partial charge in [-0.2, -0.15) is 0 Å². The molecule has 3 rings (SSSR count). The number of aliphatic hydroxyl groups excluding tert-OH is 1. The molecule has 0 saturated carbocycles. The number of unbranched alkanes of at least 4 members (excludes halogenated alkanes) is 2. The summed E-state index contributed by atoms with van der Waals surface area (Å²) in [5.41, 5.74) is 0.577. The summed E-state index contributed by atoms with van der Waals surface area (Å²) in [7, 11) is 1.50. The molecule has 1 atom stereocenters. The van der Waals surface area contributed by atoms with E-state index in [0.29, 0.717) is 36.1 Å². The first-order valence-corrected chi connectivity index (χ1v) is 10.2. The van der Waals surface area contributed by atoms with Gasteiger partial charge in [0.2, 0.25) is 0 Å². The molecule has 0 aliphatic carbocycles. The summed E-state index contributed by atoms with van der Waals surface area (Å²) in [5.74, 6) is -2.85. The van der Waals surface area contributed by atoms with E-state index in [4.69, 9.17) is 9.84 Å². The molecule has 168 valence electrons. The molecule has 0 bridgehead atoms. The highest BCUT2D eigenvalue weighted by atomic mass is 19.1. The number of carbonyl (C=O) groups excluding carboxylic acids is 2. The Morgan fingerprint density at radius 3 is 2.41 bits per heavy atom. The molecule has 1 amide bonds. The van der Waals surface area contributed by atoms with Gasteiger partial charge >= 0.3 is 5.97 Å². The van der Waals surface area contributed by atoms with Gasteiger partial charge in [0, 0.05) is 18.5 Å². The van der Waals surface area contributed by atoms with Crippen molar-refractivity contribution in [3.63, 3.8) is 0 Å². The summed E-state index contributed by atoms with van der Waals surface area (Å²) in [5, 5.41) is 19.7. The van der Waals surface area contributed by atoms with Crippen LogP contribution in [-0.2, 0) is 14.4 Å². The molecule has 1 fully saturated rings. The smallest absolute Gasteiger partial charge is 0.303 e. The fourth-order valence-electron chi connectivity index (χ4n) is 3.77. The molecular formula is C24H24FNO6. The number of amides is 1. The van der Waals surface area contributed by atoms with E-state index in [0.717, 1.165) is 0 Å². The van der Waals surface area contributed by atoms with E-state index in [1.54, 1.807) is 30.3 Å². The van der Waals surface area contributed by atoms with Crippen LogP contribution < -0.4 is 4.74 Å². The lowest BCUT2D eigenvalue weighted by atomic mass is 9.95. The number of halogens is 1. The number of carbonyl (C=O) groups is 3. The predicted octanol–water partition coefficient (Wildman–Crippen LogP) is 3.90. The summed E-state index contributed by atoms with van der Waals surface area (Å²) < 4.78 is 19.1. The number of hydrogen-bond acceptors (Lipinski definition) is 5. The summed E-state index contributed by atoms with van der Waals surface area (Å²) in [6.07, 6.45) is 1.47. The fourth-order valence-corrected chi connectivity index (χ4v) is 3.77. The highest BCUT2D eigenvalue weighted by molar-refractivity contribution is 6.46. The number of aliphatic carboxylic acids is 1. The first kappa shape index (κ1) is 23.0. The third-order valence-corrected chi connectivity index (χ3v) is 5.36. The Morgan fingerprint density at radius 1 is 1.06 bits per heavy atom. The number of rotatable bonds is 9. The Balaban J connectivity index is 1.97. The minimum Gasteiger partial charge on any atom is -0.507 e.